The van der Waals surface area contributed by atoms with Crippen LogP contribution in [-0.4, -0.2) is 8.42 Å². The summed E-state index contributed by atoms with van der Waals surface area (Å²) in [6.07, 6.45) is 0. The van der Waals surface area contributed by atoms with E-state index in [4.69, 9.17) is 29.0 Å². The maximum atomic E-state index is 13.1. The van der Waals surface area contributed by atoms with Crippen molar-refractivity contribution in [2.24, 2.45) is 5.84 Å². The second-order valence-electron chi connectivity index (χ2n) is 2.29. The highest BCUT2D eigenvalue weighted by Gasteiger charge is 2.20. The van der Waals surface area contributed by atoms with Crippen LogP contribution in [0.5, 0.6) is 0 Å². The molecule has 0 unspecified atom stereocenters. The van der Waals surface area contributed by atoms with Gasteiger partial charge < -0.3 is 0 Å². The van der Waals surface area contributed by atoms with Gasteiger partial charge in [-0.3, -0.25) is 5.84 Å². The lowest BCUT2D eigenvalue weighted by Crippen LogP contribution is -2.30. The summed E-state index contributed by atoms with van der Waals surface area (Å²) in [6.45, 7) is 0. The first-order valence-corrected chi connectivity index (χ1v) is 5.50. The van der Waals surface area contributed by atoms with Gasteiger partial charge in [-0.1, -0.05) is 23.2 Å². The molecule has 0 radical (unpaired) electrons. The molecule has 0 aromatic heterocycles. The molecule has 78 valence electrons. The fourth-order valence-electron chi connectivity index (χ4n) is 0.779. The number of hydrogen-bond donors (Lipinski definition) is 2. The predicted molar refractivity (Wildman–Crippen MR) is 50.9 cm³/mol. The Bertz CT molecular complexity index is 463. The maximum absolute atomic E-state index is 13.1. The van der Waals surface area contributed by atoms with Crippen LogP contribution in [0, 0.1) is 5.82 Å². The van der Waals surface area contributed by atoms with Gasteiger partial charge in [0.2, 0.25) is 0 Å². The Kier molecular flexibility index (Phi) is 3.33. The third-order valence-corrected chi connectivity index (χ3v) is 3.45. The third kappa shape index (κ3) is 1.99. The Hall–Kier alpha value is -0.400. The van der Waals surface area contributed by atoms with Crippen LogP contribution < -0.4 is 10.7 Å². The Morgan fingerprint density at radius 3 is 2.43 bits per heavy atom. The largest absolute Gasteiger partial charge is 0.257 e. The summed E-state index contributed by atoms with van der Waals surface area (Å²) < 4.78 is 35.4. The molecule has 0 heterocycles. The van der Waals surface area contributed by atoms with Crippen molar-refractivity contribution in [1.82, 2.24) is 4.83 Å². The number of sulfonamides is 1. The lowest BCUT2D eigenvalue weighted by atomic mass is 10.3. The highest BCUT2D eigenvalue weighted by atomic mass is 35.5. The van der Waals surface area contributed by atoms with E-state index in [1.807, 2.05) is 0 Å². The number of benzene rings is 1. The fourth-order valence-corrected chi connectivity index (χ4v) is 2.15. The summed E-state index contributed by atoms with van der Waals surface area (Å²) in [5, 5.41) is -0.846. The minimum Gasteiger partial charge on any atom is -0.257 e. The van der Waals surface area contributed by atoms with Crippen molar-refractivity contribution >= 4 is 33.2 Å². The van der Waals surface area contributed by atoms with E-state index in [2.05, 4.69) is 0 Å². The molecule has 0 aliphatic heterocycles. The van der Waals surface area contributed by atoms with Gasteiger partial charge in [-0.2, -0.15) is 4.83 Å². The molecule has 4 nitrogen and oxygen atoms in total. The summed E-state index contributed by atoms with van der Waals surface area (Å²) >= 11 is 10.8. The molecule has 0 aliphatic carbocycles. The summed E-state index contributed by atoms with van der Waals surface area (Å²) in [7, 11) is -3.97. The van der Waals surface area contributed by atoms with Crippen molar-refractivity contribution in [3.63, 3.8) is 0 Å². The van der Waals surface area contributed by atoms with E-state index in [1.165, 1.54) is 4.83 Å². The number of rotatable bonds is 2. The minimum atomic E-state index is -3.97. The van der Waals surface area contributed by atoms with Gasteiger partial charge in [-0.25, -0.2) is 12.8 Å². The van der Waals surface area contributed by atoms with E-state index in [9.17, 15) is 12.8 Å². The monoisotopic (exact) mass is 258 g/mol. The first-order chi connectivity index (χ1) is 6.40. The summed E-state index contributed by atoms with van der Waals surface area (Å²) in [6, 6.07) is 2.13. The first-order valence-electron chi connectivity index (χ1n) is 3.26. The van der Waals surface area contributed by atoms with Gasteiger partial charge in [0.1, 0.15) is 4.90 Å². The predicted octanol–water partition coefficient (Wildman–Crippen LogP) is 1.28. The van der Waals surface area contributed by atoms with Crippen molar-refractivity contribution in [3.8, 4) is 0 Å². The number of halogens is 3. The summed E-state index contributed by atoms with van der Waals surface area (Å²) in [5.41, 5.74) is 0. The van der Waals surface area contributed by atoms with Gasteiger partial charge in [0.05, 0.1) is 10.0 Å². The lowest BCUT2D eigenvalue weighted by Gasteiger charge is -2.05. The average molecular weight is 259 g/mol. The second-order valence-corrected chi connectivity index (χ2v) is 4.76. The minimum absolute atomic E-state index is 0.258. The maximum Gasteiger partial charge on any atom is 0.254 e. The van der Waals surface area contributed by atoms with Crippen LogP contribution in [0.15, 0.2) is 17.0 Å². The molecular formula is C6H5Cl2FN2O2S. The molecule has 0 saturated carbocycles. The average Bonchev–Trinajstić information content (AvgIpc) is 2.14. The zero-order valence-corrected chi connectivity index (χ0v) is 8.92. The molecule has 0 aliphatic rings. The number of nitrogens with two attached hydrogens (primary N) is 1. The number of hydrazine groups is 1. The van der Waals surface area contributed by atoms with Gasteiger partial charge in [-0.05, 0) is 12.1 Å². The Labute approximate surface area is 89.8 Å². The molecule has 0 bridgehead atoms. The topological polar surface area (TPSA) is 72.2 Å². The van der Waals surface area contributed by atoms with E-state index < -0.39 is 25.8 Å². The van der Waals surface area contributed by atoms with Crippen molar-refractivity contribution in [1.29, 1.82) is 0 Å². The first kappa shape index (κ1) is 11.7. The van der Waals surface area contributed by atoms with Gasteiger partial charge in [0.15, 0.2) is 5.82 Å². The molecule has 3 N–H and O–H groups in total. The number of nitrogens with one attached hydrogen (secondary N) is 1. The molecule has 0 atom stereocenters. The highest BCUT2D eigenvalue weighted by Crippen LogP contribution is 2.28. The van der Waals surface area contributed by atoms with Crippen molar-refractivity contribution < 1.29 is 12.8 Å². The molecule has 0 spiro atoms. The zero-order chi connectivity index (χ0) is 10.9. The van der Waals surface area contributed by atoms with Crippen molar-refractivity contribution in [2.75, 3.05) is 0 Å². The lowest BCUT2D eigenvalue weighted by molar-refractivity contribution is 0.580. The smallest absolute Gasteiger partial charge is 0.254 e. The summed E-state index contributed by atoms with van der Waals surface area (Å²) in [5.74, 6) is 3.75. The molecule has 8 heteroatoms. The van der Waals surface area contributed by atoms with Gasteiger partial charge in [-0.15, -0.1) is 0 Å². The normalized spacial score (nSPS) is 11.7. The van der Waals surface area contributed by atoms with Crippen LogP contribution in [0.25, 0.3) is 0 Å². The van der Waals surface area contributed by atoms with Crippen molar-refractivity contribution in [2.45, 2.75) is 4.90 Å². The van der Waals surface area contributed by atoms with Gasteiger partial charge in [0.25, 0.3) is 10.0 Å². The van der Waals surface area contributed by atoms with Crippen LogP contribution in [-0.2, 0) is 10.0 Å². The molecule has 14 heavy (non-hydrogen) atoms. The quantitative estimate of drug-likeness (QED) is 0.477. The standard InChI is InChI=1S/C6H5Cl2FN2O2S/c7-3-1-2-4(5(8)6(3)9)14(12,13)11-10/h1-2,11H,10H2. The Balaban J connectivity index is 3.47. The van der Waals surface area contributed by atoms with E-state index in [0.717, 1.165) is 12.1 Å². The van der Waals surface area contributed by atoms with E-state index in [0.29, 0.717) is 0 Å². The van der Waals surface area contributed by atoms with Crippen LogP contribution >= 0.6 is 23.2 Å². The Morgan fingerprint density at radius 2 is 1.93 bits per heavy atom. The van der Waals surface area contributed by atoms with E-state index in [1.54, 1.807) is 0 Å². The fraction of sp³-hybridized carbons (Fsp3) is 0. The number of hydrogen-bond acceptors (Lipinski definition) is 3. The molecular weight excluding hydrogens is 254 g/mol. The van der Waals surface area contributed by atoms with Gasteiger partial charge in [0, 0.05) is 0 Å². The second kappa shape index (κ2) is 4.00. The van der Waals surface area contributed by atoms with Crippen LogP contribution in [0.2, 0.25) is 10.0 Å². The molecule has 1 rings (SSSR count). The Morgan fingerprint density at radius 1 is 1.36 bits per heavy atom. The molecule has 0 fully saturated rings. The zero-order valence-electron chi connectivity index (χ0n) is 6.59. The molecule has 1 aromatic carbocycles. The van der Waals surface area contributed by atoms with Crippen molar-refractivity contribution in [3.05, 3.63) is 28.0 Å². The van der Waals surface area contributed by atoms with Crippen LogP contribution in [0.3, 0.4) is 0 Å². The van der Waals surface area contributed by atoms with E-state index in [-0.39, 0.29) is 5.02 Å². The van der Waals surface area contributed by atoms with Gasteiger partial charge >= 0.3 is 0 Å². The molecule has 1 aromatic rings. The highest BCUT2D eigenvalue weighted by molar-refractivity contribution is 7.89. The van der Waals surface area contributed by atoms with E-state index >= 15 is 0 Å². The third-order valence-electron chi connectivity index (χ3n) is 1.44. The van der Waals surface area contributed by atoms with Crippen LogP contribution in [0.1, 0.15) is 0 Å². The van der Waals surface area contributed by atoms with Crippen LogP contribution in [0.4, 0.5) is 4.39 Å². The molecule has 0 amide bonds. The summed E-state index contributed by atoms with van der Waals surface area (Å²) in [4.78, 5) is 1.07. The molecule has 0 saturated heterocycles. The SMILES string of the molecule is NNS(=O)(=O)c1ccc(Cl)c(F)c1Cl.